The molecule has 0 amide bonds. The fourth-order valence-corrected chi connectivity index (χ4v) is 11.5. The molecule has 11 rings (SSSR count). The van der Waals surface area contributed by atoms with Crippen molar-refractivity contribution in [2.75, 3.05) is 14.2 Å². The van der Waals surface area contributed by atoms with Crippen molar-refractivity contribution in [1.82, 2.24) is 19.9 Å². The van der Waals surface area contributed by atoms with Crippen LogP contribution >= 0.6 is 0 Å². The first-order valence-corrected chi connectivity index (χ1v) is 22.5. The smallest absolute Gasteiger partial charge is 0.127 e. The van der Waals surface area contributed by atoms with Gasteiger partial charge in [-0.1, -0.05) is 53.1 Å². The van der Waals surface area contributed by atoms with E-state index in [-0.39, 0.29) is 0 Å². The third-order valence-corrected chi connectivity index (χ3v) is 13.7. The van der Waals surface area contributed by atoms with Gasteiger partial charge in [0.1, 0.15) is 11.5 Å². The summed E-state index contributed by atoms with van der Waals surface area (Å²) in [7, 11) is 3.50. The van der Waals surface area contributed by atoms with Crippen LogP contribution in [0.3, 0.4) is 0 Å². The van der Waals surface area contributed by atoms with Gasteiger partial charge in [-0.25, -0.2) is 9.97 Å². The molecule has 0 saturated heterocycles. The first kappa shape index (κ1) is 40.3. The van der Waals surface area contributed by atoms with Crippen LogP contribution in [0.1, 0.15) is 72.8 Å². The van der Waals surface area contributed by atoms with E-state index in [0.29, 0.717) is 0 Å². The van der Waals surface area contributed by atoms with Crippen molar-refractivity contribution in [3.05, 3.63) is 152 Å². The maximum Gasteiger partial charge on any atom is 0.127 e. The summed E-state index contributed by atoms with van der Waals surface area (Å²) in [6.07, 6.45) is 8.80. The molecule has 0 radical (unpaired) electrons. The number of hydrogen-bond acceptors (Lipinski definition) is 4. The van der Waals surface area contributed by atoms with Crippen molar-refractivity contribution < 1.29 is 9.47 Å². The molecule has 320 valence electrons. The van der Waals surface area contributed by atoms with Crippen LogP contribution in [0.4, 0.5) is 0 Å². The Morgan fingerprint density at radius 2 is 0.769 bits per heavy atom. The highest BCUT2D eigenvalue weighted by Crippen LogP contribution is 2.48. The lowest BCUT2D eigenvalue weighted by molar-refractivity contribution is 0.418. The molecule has 65 heavy (non-hydrogen) atoms. The molecule has 2 aliphatic heterocycles. The summed E-state index contributed by atoms with van der Waals surface area (Å²) in [6, 6.07) is 28.9. The van der Waals surface area contributed by atoms with Gasteiger partial charge in [0.15, 0.2) is 0 Å². The molecular formula is C59H52N4O2. The second kappa shape index (κ2) is 14.8. The molecule has 3 aromatic heterocycles. The van der Waals surface area contributed by atoms with Gasteiger partial charge in [-0.05, 0) is 185 Å². The van der Waals surface area contributed by atoms with E-state index in [4.69, 9.17) is 19.4 Å². The first-order valence-electron chi connectivity index (χ1n) is 22.5. The number of benzene rings is 6. The van der Waals surface area contributed by atoms with E-state index < -0.39 is 0 Å². The molecule has 2 aliphatic rings. The van der Waals surface area contributed by atoms with Gasteiger partial charge in [0.25, 0.3) is 0 Å². The topological polar surface area (TPSA) is 75.8 Å². The molecule has 0 atom stereocenters. The van der Waals surface area contributed by atoms with E-state index in [1.54, 1.807) is 14.2 Å². The number of aromatic amines is 2. The molecule has 0 aliphatic carbocycles. The molecule has 2 N–H and O–H groups in total. The van der Waals surface area contributed by atoms with Crippen LogP contribution in [0.2, 0.25) is 0 Å². The quantitative estimate of drug-likeness (QED) is 0.181. The number of fused-ring (bicyclic) bond motifs is 10. The summed E-state index contributed by atoms with van der Waals surface area (Å²) in [4.78, 5) is 19.4. The summed E-state index contributed by atoms with van der Waals surface area (Å²) in [6.45, 7) is 19.8. The number of methoxy groups -OCH3 is 2. The molecule has 0 fully saturated rings. The second-order valence-electron chi connectivity index (χ2n) is 18.4. The Kier molecular flexibility index (Phi) is 9.19. The molecule has 0 saturated carbocycles. The standard InChI is InChI=1S/C59H52N4O2/c1-29-22-32(4)50(33(5)23-29)56-42-15-14-41(60-42)54-39-13-20-48(64-10)38-12-21-49(65-11)55(53(38)39)40-28-47(63-59(40)54)58(52-36(8)26-31(3)27-37(52)9)46-19-18-45(62-46)57(44-17-16-43(56)61-44)51-34(6)24-30(2)25-35(51)7/h12-28,61,63H,1-11H3. The Balaban J connectivity index is 1.44. The molecule has 8 bridgehead atoms. The normalized spacial score (nSPS) is 12.4. The van der Waals surface area contributed by atoms with Crippen LogP contribution < -0.4 is 9.47 Å². The summed E-state index contributed by atoms with van der Waals surface area (Å²) >= 11 is 0. The molecule has 5 heterocycles. The van der Waals surface area contributed by atoms with Gasteiger partial charge in [-0.3, -0.25) is 0 Å². The highest BCUT2D eigenvalue weighted by Gasteiger charge is 2.25. The molecule has 6 nitrogen and oxygen atoms in total. The maximum absolute atomic E-state index is 6.24. The largest absolute Gasteiger partial charge is 0.496 e. The van der Waals surface area contributed by atoms with Gasteiger partial charge < -0.3 is 19.4 Å². The minimum Gasteiger partial charge on any atom is -0.496 e. The van der Waals surface area contributed by atoms with Crippen LogP contribution in [0, 0.1) is 62.3 Å². The molecule has 9 aromatic rings. The number of nitrogens with zero attached hydrogens (tertiary/aromatic N) is 2. The number of nitrogens with one attached hydrogen (secondary N) is 2. The van der Waals surface area contributed by atoms with Gasteiger partial charge in [0.2, 0.25) is 0 Å². The first-order chi connectivity index (χ1) is 31.3. The molecule has 6 aromatic carbocycles. The maximum atomic E-state index is 6.24. The summed E-state index contributed by atoms with van der Waals surface area (Å²) in [5.74, 6) is 1.60. The fraction of sp³-hybridized carbons (Fsp3) is 0.186. The van der Waals surface area contributed by atoms with E-state index in [1.165, 1.54) is 61.2 Å². The van der Waals surface area contributed by atoms with Gasteiger partial charge in [0.05, 0.1) is 42.5 Å². The summed E-state index contributed by atoms with van der Waals surface area (Å²) in [5, 5.41) is 6.24. The Bertz CT molecular complexity index is 3710. The van der Waals surface area contributed by atoms with E-state index in [9.17, 15) is 0 Å². The average Bonchev–Trinajstić information content (AvgIpc) is 4.10. The fourth-order valence-electron chi connectivity index (χ4n) is 11.5. The average molecular weight is 849 g/mol. The predicted molar refractivity (Wildman–Crippen MR) is 275 cm³/mol. The van der Waals surface area contributed by atoms with E-state index in [1.807, 2.05) is 0 Å². The van der Waals surface area contributed by atoms with Crippen molar-refractivity contribution >= 4 is 78.7 Å². The Hall–Kier alpha value is -7.44. The SMILES string of the molecule is COc1ccc2c3c4nc(c(-c5c(C)cc(C)cc5C)c5ccc([nH]5)c(-c5c(C)cc(C)cc5C)c5nc(c(-c6c(C)cc(C)cc6C)c6cc(c3[nH]6)c3c(OC)ccc1c23)C=C5)C=C4. The zero-order chi connectivity index (χ0) is 45.2. The Morgan fingerprint density at radius 3 is 1.25 bits per heavy atom. The minimum absolute atomic E-state index is 0.796. The lowest BCUT2D eigenvalue weighted by atomic mass is 9.92. The van der Waals surface area contributed by atoms with Crippen molar-refractivity contribution in [3.8, 4) is 44.9 Å². The van der Waals surface area contributed by atoms with Gasteiger partial charge in [0, 0.05) is 60.2 Å². The van der Waals surface area contributed by atoms with Crippen molar-refractivity contribution in [1.29, 1.82) is 0 Å². The van der Waals surface area contributed by atoms with Crippen LogP contribution in [-0.4, -0.2) is 34.2 Å². The number of ether oxygens (including phenoxy) is 2. The zero-order valence-corrected chi connectivity index (χ0v) is 39.0. The second-order valence-corrected chi connectivity index (χ2v) is 18.4. The summed E-state index contributed by atoms with van der Waals surface area (Å²) in [5.41, 5.74) is 25.1. The van der Waals surface area contributed by atoms with Crippen LogP contribution in [0.25, 0.3) is 112 Å². The minimum atomic E-state index is 0.796. The van der Waals surface area contributed by atoms with E-state index in [0.717, 1.165) is 111 Å². The van der Waals surface area contributed by atoms with Crippen molar-refractivity contribution in [3.63, 3.8) is 0 Å². The summed E-state index contributed by atoms with van der Waals surface area (Å²) < 4.78 is 12.3. The van der Waals surface area contributed by atoms with Crippen molar-refractivity contribution in [2.24, 2.45) is 0 Å². The number of hydrogen-bond donors (Lipinski definition) is 2. The third-order valence-electron chi connectivity index (χ3n) is 13.7. The van der Waals surface area contributed by atoms with Gasteiger partial charge in [-0.15, -0.1) is 0 Å². The molecule has 0 spiro atoms. The lowest BCUT2D eigenvalue weighted by Crippen LogP contribution is -1.96. The lowest BCUT2D eigenvalue weighted by Gasteiger charge is -2.15. The van der Waals surface area contributed by atoms with Gasteiger partial charge in [-0.2, -0.15) is 0 Å². The van der Waals surface area contributed by atoms with E-state index in [2.05, 4.69) is 175 Å². The number of H-pyrrole nitrogens is 2. The van der Waals surface area contributed by atoms with Crippen molar-refractivity contribution in [2.45, 2.75) is 62.3 Å². The molecule has 0 unspecified atom stereocenters. The Labute approximate surface area is 379 Å². The van der Waals surface area contributed by atoms with Gasteiger partial charge >= 0.3 is 0 Å². The zero-order valence-electron chi connectivity index (χ0n) is 39.0. The third kappa shape index (κ3) is 6.14. The number of aryl methyl sites for hydroxylation is 9. The van der Waals surface area contributed by atoms with E-state index >= 15 is 0 Å². The predicted octanol–water partition coefficient (Wildman–Crippen LogP) is 15.3. The van der Waals surface area contributed by atoms with Crippen LogP contribution in [0.15, 0.2) is 78.9 Å². The molecule has 6 heteroatoms. The highest BCUT2D eigenvalue weighted by molar-refractivity contribution is 6.33. The van der Waals surface area contributed by atoms with Crippen LogP contribution in [0.5, 0.6) is 11.5 Å². The number of rotatable bonds is 5. The van der Waals surface area contributed by atoms with Crippen LogP contribution in [-0.2, 0) is 0 Å². The highest BCUT2D eigenvalue weighted by atomic mass is 16.5. The molecular weight excluding hydrogens is 797 g/mol. The Morgan fingerprint density at radius 1 is 0.354 bits per heavy atom. The monoisotopic (exact) mass is 848 g/mol. The number of aromatic nitrogens is 4.